The van der Waals surface area contributed by atoms with Gasteiger partial charge < -0.3 is 14.7 Å². The number of amides is 1. The Labute approximate surface area is 180 Å². The Morgan fingerprint density at radius 1 is 0.935 bits per heavy atom. The summed E-state index contributed by atoms with van der Waals surface area (Å²) in [5.41, 5.74) is 7.71. The zero-order valence-electron chi connectivity index (χ0n) is 17.1. The Kier molecular flexibility index (Phi) is 4.94. The molecule has 0 saturated carbocycles. The second-order valence-electron chi connectivity index (χ2n) is 8.15. The lowest BCUT2D eigenvalue weighted by atomic mass is 9.96. The van der Waals surface area contributed by atoms with Crippen LogP contribution in [0.15, 0.2) is 66.7 Å². The number of ether oxygens (including phenoxy) is 1. The second-order valence-corrected chi connectivity index (χ2v) is 8.15. The fourth-order valence-electron chi connectivity index (χ4n) is 4.74. The Bertz CT molecular complexity index is 1120. The van der Waals surface area contributed by atoms with Gasteiger partial charge >= 0.3 is 12.1 Å². The van der Waals surface area contributed by atoms with Crippen LogP contribution in [0.2, 0.25) is 0 Å². The molecule has 0 spiro atoms. The molecule has 3 aromatic carbocycles. The third-order valence-electron chi connectivity index (χ3n) is 6.23. The zero-order valence-corrected chi connectivity index (χ0v) is 17.1. The van der Waals surface area contributed by atoms with Crippen LogP contribution >= 0.6 is 0 Å². The van der Waals surface area contributed by atoms with E-state index in [4.69, 9.17) is 9.84 Å². The molecule has 1 aliphatic heterocycles. The lowest BCUT2D eigenvalue weighted by Gasteiger charge is -2.29. The summed E-state index contributed by atoms with van der Waals surface area (Å²) in [7, 11) is 0. The molecule has 0 aromatic heterocycles. The van der Waals surface area contributed by atoms with Crippen molar-refractivity contribution in [3.8, 4) is 11.1 Å². The van der Waals surface area contributed by atoms with E-state index in [1.54, 1.807) is 4.90 Å². The first-order valence-corrected chi connectivity index (χ1v) is 10.5. The number of carbonyl (C=O) groups excluding carboxylic acids is 1. The molecule has 0 bridgehead atoms. The molecule has 1 N–H and O–H groups in total. The molecule has 0 fully saturated rings. The van der Waals surface area contributed by atoms with Crippen LogP contribution in [-0.4, -0.2) is 35.2 Å². The predicted octanol–water partition coefficient (Wildman–Crippen LogP) is 4.62. The van der Waals surface area contributed by atoms with Crippen LogP contribution in [0, 0.1) is 0 Å². The summed E-state index contributed by atoms with van der Waals surface area (Å²) in [5, 5.41) is 9.04. The van der Waals surface area contributed by atoms with Gasteiger partial charge in [-0.15, -0.1) is 0 Å². The highest BCUT2D eigenvalue weighted by Gasteiger charge is 2.30. The number of aliphatic carboxylic acids is 1. The quantitative estimate of drug-likeness (QED) is 0.678. The van der Waals surface area contributed by atoms with Gasteiger partial charge in [-0.3, -0.25) is 4.79 Å². The van der Waals surface area contributed by atoms with E-state index >= 15 is 0 Å². The highest BCUT2D eigenvalue weighted by Crippen LogP contribution is 2.44. The molecule has 0 unspecified atom stereocenters. The summed E-state index contributed by atoms with van der Waals surface area (Å²) in [5.74, 6) is -0.820. The van der Waals surface area contributed by atoms with Crippen molar-refractivity contribution in [2.24, 2.45) is 0 Å². The van der Waals surface area contributed by atoms with Gasteiger partial charge in [0.1, 0.15) is 6.61 Å². The largest absolute Gasteiger partial charge is 0.481 e. The van der Waals surface area contributed by atoms with Gasteiger partial charge in [-0.2, -0.15) is 0 Å². The molecule has 1 aliphatic carbocycles. The topological polar surface area (TPSA) is 66.8 Å². The molecule has 5 heteroatoms. The van der Waals surface area contributed by atoms with E-state index < -0.39 is 5.97 Å². The van der Waals surface area contributed by atoms with Crippen molar-refractivity contribution in [1.82, 2.24) is 4.90 Å². The van der Waals surface area contributed by atoms with Crippen LogP contribution < -0.4 is 0 Å². The van der Waals surface area contributed by atoms with Crippen LogP contribution in [0.25, 0.3) is 11.1 Å². The number of carbonyl (C=O) groups is 2. The maximum absolute atomic E-state index is 12.9. The van der Waals surface area contributed by atoms with Gasteiger partial charge in [-0.1, -0.05) is 66.7 Å². The lowest BCUT2D eigenvalue weighted by molar-refractivity contribution is -0.136. The van der Waals surface area contributed by atoms with E-state index in [1.807, 2.05) is 42.5 Å². The van der Waals surface area contributed by atoms with Crippen molar-refractivity contribution in [2.75, 3.05) is 13.2 Å². The SMILES string of the molecule is O=C(O)Cc1ccc2c(c1)CN(C(=O)OCC1c3ccccc3-c3ccccc31)CC2. The Balaban J connectivity index is 1.29. The summed E-state index contributed by atoms with van der Waals surface area (Å²) in [6.07, 6.45) is 0.404. The maximum Gasteiger partial charge on any atom is 0.410 e. The molecule has 31 heavy (non-hydrogen) atoms. The first-order valence-electron chi connectivity index (χ1n) is 10.5. The van der Waals surface area contributed by atoms with Gasteiger partial charge in [0.25, 0.3) is 0 Å². The van der Waals surface area contributed by atoms with E-state index in [1.165, 1.54) is 22.3 Å². The minimum atomic E-state index is -0.857. The molecule has 2 aliphatic rings. The first kappa shape index (κ1) is 19.4. The third-order valence-corrected chi connectivity index (χ3v) is 6.23. The summed E-state index contributed by atoms with van der Waals surface area (Å²) >= 11 is 0. The Hall–Kier alpha value is -3.60. The average Bonchev–Trinajstić information content (AvgIpc) is 3.10. The number of fused-ring (bicyclic) bond motifs is 4. The number of benzene rings is 3. The van der Waals surface area contributed by atoms with E-state index in [-0.39, 0.29) is 18.4 Å². The number of hydrogen-bond acceptors (Lipinski definition) is 3. The van der Waals surface area contributed by atoms with E-state index in [0.29, 0.717) is 19.7 Å². The van der Waals surface area contributed by atoms with Crippen molar-refractivity contribution < 1.29 is 19.4 Å². The third kappa shape index (κ3) is 3.67. The highest BCUT2D eigenvalue weighted by atomic mass is 16.6. The first-order chi connectivity index (χ1) is 15.1. The fraction of sp³-hybridized carbons (Fsp3) is 0.231. The molecular formula is C26H23NO4. The molecule has 0 atom stereocenters. The number of carboxylic acids is 1. The molecule has 1 heterocycles. The molecule has 1 amide bonds. The summed E-state index contributed by atoms with van der Waals surface area (Å²) in [6.45, 7) is 1.34. The summed E-state index contributed by atoms with van der Waals surface area (Å²) in [4.78, 5) is 25.6. The van der Waals surface area contributed by atoms with Gasteiger partial charge in [0.15, 0.2) is 0 Å². The maximum atomic E-state index is 12.9. The van der Waals surface area contributed by atoms with Crippen LogP contribution in [0.4, 0.5) is 4.79 Å². The van der Waals surface area contributed by atoms with Crippen molar-refractivity contribution in [3.63, 3.8) is 0 Å². The highest BCUT2D eigenvalue weighted by molar-refractivity contribution is 5.79. The molecule has 0 radical (unpaired) electrons. The minimum absolute atomic E-state index is 0.0157. The molecule has 156 valence electrons. The minimum Gasteiger partial charge on any atom is -0.481 e. The van der Waals surface area contributed by atoms with E-state index in [0.717, 1.165) is 23.1 Å². The number of nitrogens with zero attached hydrogens (tertiary/aromatic N) is 1. The monoisotopic (exact) mass is 413 g/mol. The van der Waals surface area contributed by atoms with Crippen molar-refractivity contribution in [1.29, 1.82) is 0 Å². The standard InChI is InChI=1S/C26H23NO4/c28-25(29)14-17-9-10-18-11-12-27(15-19(18)13-17)26(30)31-16-24-22-7-3-1-5-20(22)21-6-2-4-8-23(21)24/h1-10,13,24H,11-12,14-16H2,(H,28,29). The predicted molar refractivity (Wildman–Crippen MR) is 117 cm³/mol. The van der Waals surface area contributed by atoms with Crippen LogP contribution in [0.3, 0.4) is 0 Å². The molecular weight excluding hydrogens is 390 g/mol. The summed E-state index contributed by atoms with van der Waals surface area (Å²) < 4.78 is 5.78. The fourth-order valence-corrected chi connectivity index (χ4v) is 4.74. The van der Waals surface area contributed by atoms with Gasteiger partial charge in [0, 0.05) is 19.0 Å². The lowest BCUT2D eigenvalue weighted by Crippen LogP contribution is -2.37. The number of hydrogen-bond donors (Lipinski definition) is 1. The van der Waals surface area contributed by atoms with E-state index in [2.05, 4.69) is 24.3 Å². The van der Waals surface area contributed by atoms with Crippen LogP contribution in [-0.2, 0) is 28.9 Å². The van der Waals surface area contributed by atoms with Crippen LogP contribution in [0.5, 0.6) is 0 Å². The van der Waals surface area contributed by atoms with Gasteiger partial charge in [-0.25, -0.2) is 4.79 Å². The number of carboxylic acid groups (broad SMARTS) is 1. The summed E-state index contributed by atoms with van der Waals surface area (Å²) in [6, 6.07) is 22.3. The molecule has 0 saturated heterocycles. The molecule has 3 aromatic rings. The Morgan fingerprint density at radius 2 is 1.61 bits per heavy atom. The molecule has 5 nitrogen and oxygen atoms in total. The molecule has 5 rings (SSSR count). The van der Waals surface area contributed by atoms with Crippen molar-refractivity contribution >= 4 is 12.1 Å². The second kappa shape index (κ2) is 7.91. The Morgan fingerprint density at radius 3 is 2.29 bits per heavy atom. The van der Waals surface area contributed by atoms with Gasteiger partial charge in [-0.05, 0) is 45.4 Å². The zero-order chi connectivity index (χ0) is 21.4. The van der Waals surface area contributed by atoms with Gasteiger partial charge in [0.05, 0.1) is 6.42 Å². The average molecular weight is 413 g/mol. The number of rotatable bonds is 4. The van der Waals surface area contributed by atoms with E-state index in [9.17, 15) is 9.59 Å². The van der Waals surface area contributed by atoms with Gasteiger partial charge in [0.2, 0.25) is 0 Å². The van der Waals surface area contributed by atoms with Crippen LogP contribution in [0.1, 0.15) is 33.7 Å². The van der Waals surface area contributed by atoms with Crippen molar-refractivity contribution in [2.45, 2.75) is 25.3 Å². The van der Waals surface area contributed by atoms with Crippen molar-refractivity contribution in [3.05, 3.63) is 94.5 Å². The normalized spacial score (nSPS) is 14.5. The smallest absolute Gasteiger partial charge is 0.410 e.